The van der Waals surface area contributed by atoms with Crippen LogP contribution >= 0.6 is 11.3 Å². The van der Waals surface area contributed by atoms with Crippen molar-refractivity contribution in [2.45, 2.75) is 13.0 Å². The van der Waals surface area contributed by atoms with E-state index in [9.17, 15) is 9.59 Å². The number of pyridine rings is 1. The minimum Gasteiger partial charge on any atom is -0.352 e. The first kappa shape index (κ1) is 16.3. The quantitative estimate of drug-likeness (QED) is 0.713. The molecule has 3 aromatic rings. The molecule has 0 bridgehead atoms. The molecule has 1 N–H and O–H groups in total. The van der Waals surface area contributed by atoms with E-state index in [1.807, 2.05) is 11.4 Å². The maximum Gasteiger partial charge on any atom is 0.229 e. The van der Waals surface area contributed by atoms with Crippen LogP contribution in [0.5, 0.6) is 0 Å². The van der Waals surface area contributed by atoms with Crippen LogP contribution in [0.1, 0.15) is 12.0 Å². The van der Waals surface area contributed by atoms with Crippen molar-refractivity contribution in [3.05, 3.63) is 48.1 Å². The summed E-state index contributed by atoms with van der Waals surface area (Å²) in [5.41, 5.74) is 0.812. The molecule has 10 heteroatoms. The minimum absolute atomic E-state index is 0.0789. The summed E-state index contributed by atoms with van der Waals surface area (Å²) in [7, 11) is 0. The molecule has 1 fully saturated rings. The Bertz CT molecular complexity index is 911. The van der Waals surface area contributed by atoms with E-state index in [0.717, 1.165) is 5.56 Å². The summed E-state index contributed by atoms with van der Waals surface area (Å²) < 4.78 is 1.55. The summed E-state index contributed by atoms with van der Waals surface area (Å²) >= 11 is 1.39. The zero-order valence-corrected chi connectivity index (χ0v) is 14.5. The Morgan fingerprint density at radius 2 is 2.27 bits per heavy atom. The van der Waals surface area contributed by atoms with Crippen molar-refractivity contribution in [2.24, 2.45) is 5.92 Å². The zero-order chi connectivity index (χ0) is 17.9. The molecule has 4 rings (SSSR count). The maximum absolute atomic E-state index is 12.5. The van der Waals surface area contributed by atoms with Gasteiger partial charge in [-0.15, -0.1) is 11.3 Å². The Morgan fingerprint density at radius 1 is 1.35 bits per heavy atom. The molecule has 9 nitrogen and oxygen atoms in total. The lowest BCUT2D eigenvalue weighted by atomic mass is 10.1. The van der Waals surface area contributed by atoms with Crippen molar-refractivity contribution in [1.29, 1.82) is 0 Å². The molecule has 0 saturated carbocycles. The summed E-state index contributed by atoms with van der Waals surface area (Å²) in [4.78, 5) is 38.6. The van der Waals surface area contributed by atoms with Crippen LogP contribution in [0.3, 0.4) is 0 Å². The average molecular weight is 369 g/mol. The number of rotatable bonds is 5. The number of hydrogen-bond donors (Lipinski definition) is 1. The molecule has 132 valence electrons. The minimum atomic E-state index is -0.391. The Kier molecular flexibility index (Phi) is 4.40. The first-order chi connectivity index (χ1) is 12.7. The number of nitrogens with one attached hydrogen (secondary N) is 1. The largest absolute Gasteiger partial charge is 0.352 e. The topological polar surface area (TPSA) is 106 Å². The molecule has 1 unspecified atom stereocenters. The Morgan fingerprint density at radius 3 is 3.04 bits per heavy atom. The van der Waals surface area contributed by atoms with Crippen LogP contribution in [0.2, 0.25) is 0 Å². The van der Waals surface area contributed by atoms with Crippen LogP contribution in [-0.2, 0) is 16.1 Å². The molecule has 1 saturated heterocycles. The van der Waals surface area contributed by atoms with E-state index < -0.39 is 5.92 Å². The normalized spacial score (nSPS) is 16.8. The van der Waals surface area contributed by atoms with Gasteiger partial charge in [-0.3, -0.25) is 14.5 Å². The Hall–Kier alpha value is -3.14. The maximum atomic E-state index is 12.5. The highest BCUT2D eigenvalue weighted by Gasteiger charge is 2.36. The fraction of sp³-hybridized carbons (Fsp3) is 0.250. The number of anilines is 1. The number of hydrogen-bond acceptors (Lipinski definition) is 7. The number of aromatic nitrogens is 5. The van der Waals surface area contributed by atoms with Gasteiger partial charge in [0.2, 0.25) is 11.8 Å². The average Bonchev–Trinajstić information content (AvgIpc) is 3.40. The van der Waals surface area contributed by atoms with Crippen LogP contribution in [0.25, 0.3) is 5.82 Å². The molecule has 3 aromatic heterocycles. The smallest absolute Gasteiger partial charge is 0.229 e. The van der Waals surface area contributed by atoms with Gasteiger partial charge in [0.25, 0.3) is 0 Å². The van der Waals surface area contributed by atoms with Crippen LogP contribution in [0, 0.1) is 5.92 Å². The second-order valence-electron chi connectivity index (χ2n) is 5.76. The van der Waals surface area contributed by atoms with E-state index in [-0.39, 0.29) is 18.2 Å². The zero-order valence-electron chi connectivity index (χ0n) is 13.6. The van der Waals surface area contributed by atoms with E-state index >= 15 is 0 Å². The standard InChI is InChI=1S/C16H15N7O2S/c24-13-6-12(8-22(13)16-19-4-5-26-16)15(25)20-7-11-2-1-3-18-14(11)23-10-17-9-21-23/h1-5,9-10,12H,6-8H2,(H,20,25). The van der Waals surface area contributed by atoms with Gasteiger partial charge in [0.15, 0.2) is 10.9 Å². The van der Waals surface area contributed by atoms with E-state index in [1.54, 1.807) is 34.4 Å². The molecule has 4 heterocycles. The van der Waals surface area contributed by atoms with Crippen molar-refractivity contribution < 1.29 is 9.59 Å². The summed E-state index contributed by atoms with van der Waals surface area (Å²) in [6.45, 7) is 0.644. The second kappa shape index (κ2) is 7.00. The number of nitrogens with zero attached hydrogens (tertiary/aromatic N) is 6. The van der Waals surface area contributed by atoms with Crippen LogP contribution in [-0.4, -0.2) is 43.1 Å². The van der Waals surface area contributed by atoms with Gasteiger partial charge in [0, 0.05) is 42.8 Å². The molecule has 0 aromatic carbocycles. The lowest BCUT2D eigenvalue weighted by Gasteiger charge is -2.14. The van der Waals surface area contributed by atoms with Gasteiger partial charge in [0.05, 0.1) is 5.92 Å². The van der Waals surface area contributed by atoms with Gasteiger partial charge in [-0.1, -0.05) is 6.07 Å². The van der Waals surface area contributed by atoms with Gasteiger partial charge in [-0.2, -0.15) is 5.10 Å². The van der Waals surface area contributed by atoms with Gasteiger partial charge >= 0.3 is 0 Å². The van der Waals surface area contributed by atoms with Crippen molar-refractivity contribution in [3.63, 3.8) is 0 Å². The van der Waals surface area contributed by atoms with Crippen LogP contribution in [0.15, 0.2) is 42.6 Å². The molecular formula is C16H15N7O2S. The molecule has 1 aliphatic heterocycles. The Balaban J connectivity index is 1.42. The molecule has 0 aliphatic carbocycles. The van der Waals surface area contributed by atoms with Crippen molar-refractivity contribution in [1.82, 2.24) is 30.0 Å². The molecule has 1 aliphatic rings. The van der Waals surface area contributed by atoms with E-state index in [4.69, 9.17) is 0 Å². The van der Waals surface area contributed by atoms with Crippen molar-refractivity contribution in [2.75, 3.05) is 11.4 Å². The highest BCUT2D eigenvalue weighted by Crippen LogP contribution is 2.26. The van der Waals surface area contributed by atoms with E-state index in [1.165, 1.54) is 17.7 Å². The number of thiazole rings is 1. The summed E-state index contributed by atoms with van der Waals surface area (Å²) in [6, 6.07) is 3.66. The molecule has 0 spiro atoms. The van der Waals surface area contributed by atoms with Crippen LogP contribution < -0.4 is 10.2 Å². The third-order valence-electron chi connectivity index (χ3n) is 4.10. The van der Waals surface area contributed by atoms with Crippen molar-refractivity contribution in [3.8, 4) is 5.82 Å². The summed E-state index contributed by atoms with van der Waals surface area (Å²) in [5, 5.41) is 9.41. The number of amides is 2. The molecule has 2 amide bonds. The first-order valence-corrected chi connectivity index (χ1v) is 8.87. The third kappa shape index (κ3) is 3.18. The fourth-order valence-electron chi connectivity index (χ4n) is 2.84. The summed E-state index contributed by atoms with van der Waals surface area (Å²) in [5.74, 6) is -0.0225. The Labute approximate surface area is 152 Å². The molecule has 0 radical (unpaired) electrons. The van der Waals surface area contributed by atoms with Gasteiger partial charge < -0.3 is 5.32 Å². The summed E-state index contributed by atoms with van der Waals surface area (Å²) in [6.07, 6.45) is 6.47. The predicted octanol–water partition coefficient (Wildman–Crippen LogP) is 0.788. The number of carbonyl (C=O) groups excluding carboxylic acids is 2. The van der Waals surface area contributed by atoms with E-state index in [0.29, 0.717) is 24.0 Å². The van der Waals surface area contributed by atoms with Crippen molar-refractivity contribution >= 4 is 28.3 Å². The second-order valence-corrected chi connectivity index (χ2v) is 6.64. The highest BCUT2D eigenvalue weighted by atomic mass is 32.1. The van der Waals surface area contributed by atoms with Gasteiger partial charge in [-0.25, -0.2) is 19.6 Å². The third-order valence-corrected chi connectivity index (χ3v) is 4.90. The highest BCUT2D eigenvalue weighted by molar-refractivity contribution is 7.13. The monoisotopic (exact) mass is 369 g/mol. The molecule has 26 heavy (non-hydrogen) atoms. The predicted molar refractivity (Wildman–Crippen MR) is 93.6 cm³/mol. The first-order valence-electron chi connectivity index (χ1n) is 7.99. The van der Waals surface area contributed by atoms with Gasteiger partial charge in [0.1, 0.15) is 12.7 Å². The molecular weight excluding hydrogens is 354 g/mol. The molecule has 1 atom stereocenters. The van der Waals surface area contributed by atoms with Crippen LogP contribution in [0.4, 0.5) is 5.13 Å². The van der Waals surface area contributed by atoms with E-state index in [2.05, 4.69) is 25.4 Å². The number of carbonyl (C=O) groups is 2. The fourth-order valence-corrected chi connectivity index (χ4v) is 3.50. The SMILES string of the molecule is O=C(NCc1cccnc1-n1cncn1)C1CC(=O)N(c2nccs2)C1. The lowest BCUT2D eigenvalue weighted by Crippen LogP contribution is -2.33. The van der Waals surface area contributed by atoms with Gasteiger partial charge in [-0.05, 0) is 6.07 Å². The lowest BCUT2D eigenvalue weighted by molar-refractivity contribution is -0.126.